The van der Waals surface area contributed by atoms with Gasteiger partial charge in [-0.05, 0) is 43.0 Å². The number of halogens is 2. The maximum atomic E-state index is 13.6. The van der Waals surface area contributed by atoms with Crippen molar-refractivity contribution in [3.63, 3.8) is 0 Å². The highest BCUT2D eigenvalue weighted by Crippen LogP contribution is 2.54. The molecule has 0 heterocycles. The second-order valence-electron chi connectivity index (χ2n) is 4.48. The summed E-state index contributed by atoms with van der Waals surface area (Å²) < 4.78 is 26.6. The summed E-state index contributed by atoms with van der Waals surface area (Å²) in [5.41, 5.74) is 0.331. The van der Waals surface area contributed by atoms with Crippen LogP contribution in [0.3, 0.4) is 0 Å². The predicted octanol–water partition coefficient (Wildman–Crippen LogP) is 2.46. The molecule has 1 N–H and O–H groups in total. The van der Waals surface area contributed by atoms with Gasteiger partial charge in [0.25, 0.3) is 0 Å². The summed E-state index contributed by atoms with van der Waals surface area (Å²) in [5.74, 6) is -1.01. The Morgan fingerprint density at radius 3 is 2.87 bits per heavy atom. The minimum Gasteiger partial charge on any atom is -0.319 e. The number of nitrogens with one attached hydrogen (secondary N) is 1. The molecule has 2 atom stereocenters. The quantitative estimate of drug-likeness (QED) is 0.809. The standard InChI is InChI=1S/C12H15F2N/c1-12(6-8(12)7-15-2)9-4-3-5-10(13)11(9)14/h3-5,8,15H,6-7H2,1-2H3. The van der Waals surface area contributed by atoms with E-state index in [9.17, 15) is 8.78 Å². The monoisotopic (exact) mass is 211 g/mol. The lowest BCUT2D eigenvalue weighted by Crippen LogP contribution is -2.17. The molecule has 1 nitrogen and oxygen atoms in total. The zero-order valence-electron chi connectivity index (χ0n) is 8.98. The van der Waals surface area contributed by atoms with Crippen LogP contribution in [0.1, 0.15) is 18.9 Å². The highest BCUT2D eigenvalue weighted by molar-refractivity contribution is 5.34. The van der Waals surface area contributed by atoms with Crippen molar-refractivity contribution in [2.75, 3.05) is 13.6 Å². The van der Waals surface area contributed by atoms with Crippen LogP contribution in [-0.2, 0) is 5.41 Å². The van der Waals surface area contributed by atoms with Gasteiger partial charge in [-0.1, -0.05) is 19.1 Å². The molecule has 1 fully saturated rings. The van der Waals surface area contributed by atoms with Crippen LogP contribution in [0.2, 0.25) is 0 Å². The Labute approximate surface area is 88.5 Å². The van der Waals surface area contributed by atoms with Gasteiger partial charge in [0, 0.05) is 0 Å². The van der Waals surface area contributed by atoms with Crippen LogP contribution >= 0.6 is 0 Å². The van der Waals surface area contributed by atoms with E-state index in [4.69, 9.17) is 0 Å². The van der Waals surface area contributed by atoms with Gasteiger partial charge in [0.1, 0.15) is 0 Å². The van der Waals surface area contributed by atoms with Crippen LogP contribution in [0, 0.1) is 17.6 Å². The van der Waals surface area contributed by atoms with Gasteiger partial charge in [0.2, 0.25) is 0 Å². The smallest absolute Gasteiger partial charge is 0.162 e. The first-order valence-electron chi connectivity index (χ1n) is 5.18. The molecule has 2 rings (SSSR count). The fourth-order valence-corrected chi connectivity index (χ4v) is 2.27. The second kappa shape index (κ2) is 3.56. The Morgan fingerprint density at radius 1 is 1.47 bits per heavy atom. The zero-order valence-corrected chi connectivity index (χ0v) is 8.98. The van der Waals surface area contributed by atoms with Crippen molar-refractivity contribution in [2.45, 2.75) is 18.8 Å². The average molecular weight is 211 g/mol. The van der Waals surface area contributed by atoms with Gasteiger partial charge in [-0.3, -0.25) is 0 Å². The first-order valence-corrected chi connectivity index (χ1v) is 5.18. The summed E-state index contributed by atoms with van der Waals surface area (Å²) in [4.78, 5) is 0. The molecule has 3 heteroatoms. The summed E-state index contributed by atoms with van der Waals surface area (Å²) in [6.07, 6.45) is 0.925. The molecular formula is C12H15F2N. The average Bonchev–Trinajstić information content (AvgIpc) is 2.83. The van der Waals surface area contributed by atoms with E-state index in [-0.39, 0.29) is 5.41 Å². The van der Waals surface area contributed by atoms with E-state index >= 15 is 0 Å². The molecule has 1 aliphatic carbocycles. The van der Waals surface area contributed by atoms with Gasteiger partial charge < -0.3 is 5.32 Å². The van der Waals surface area contributed by atoms with Crippen molar-refractivity contribution >= 4 is 0 Å². The Hall–Kier alpha value is -0.960. The lowest BCUT2D eigenvalue weighted by molar-refractivity contribution is 0.480. The van der Waals surface area contributed by atoms with E-state index in [2.05, 4.69) is 5.32 Å². The van der Waals surface area contributed by atoms with Crippen LogP contribution in [0.15, 0.2) is 18.2 Å². The highest BCUT2D eigenvalue weighted by Gasteiger charge is 2.52. The largest absolute Gasteiger partial charge is 0.319 e. The maximum absolute atomic E-state index is 13.6. The molecule has 82 valence electrons. The molecule has 0 aliphatic heterocycles. The molecule has 15 heavy (non-hydrogen) atoms. The number of hydrogen-bond acceptors (Lipinski definition) is 1. The summed E-state index contributed by atoms with van der Waals surface area (Å²) in [6.45, 7) is 2.85. The van der Waals surface area contributed by atoms with E-state index in [0.717, 1.165) is 19.0 Å². The minimum atomic E-state index is -0.746. The van der Waals surface area contributed by atoms with Gasteiger partial charge in [0.15, 0.2) is 11.6 Å². The van der Waals surface area contributed by atoms with Crippen molar-refractivity contribution < 1.29 is 8.78 Å². The number of hydrogen-bond donors (Lipinski definition) is 1. The summed E-state index contributed by atoms with van der Waals surface area (Å²) in [6, 6.07) is 4.43. The third kappa shape index (κ3) is 1.65. The van der Waals surface area contributed by atoms with Gasteiger partial charge in [-0.25, -0.2) is 8.78 Å². The third-order valence-electron chi connectivity index (χ3n) is 3.43. The summed E-state index contributed by atoms with van der Waals surface area (Å²) in [5, 5.41) is 3.07. The zero-order chi connectivity index (χ0) is 11.1. The molecule has 1 saturated carbocycles. The van der Waals surface area contributed by atoms with Crippen LogP contribution < -0.4 is 5.32 Å². The van der Waals surface area contributed by atoms with Gasteiger partial charge in [-0.15, -0.1) is 0 Å². The molecule has 0 amide bonds. The first-order chi connectivity index (χ1) is 7.09. The van der Waals surface area contributed by atoms with Gasteiger partial charge >= 0.3 is 0 Å². The molecule has 0 aromatic heterocycles. The van der Waals surface area contributed by atoms with E-state index in [1.165, 1.54) is 0 Å². The molecule has 1 aromatic carbocycles. The molecule has 1 aromatic rings. The second-order valence-corrected chi connectivity index (χ2v) is 4.48. The molecular weight excluding hydrogens is 196 g/mol. The third-order valence-corrected chi connectivity index (χ3v) is 3.43. The Balaban J connectivity index is 2.28. The normalized spacial score (nSPS) is 29.2. The van der Waals surface area contributed by atoms with Crippen LogP contribution in [-0.4, -0.2) is 13.6 Å². The lowest BCUT2D eigenvalue weighted by atomic mass is 9.94. The van der Waals surface area contributed by atoms with E-state index in [1.807, 2.05) is 14.0 Å². The Kier molecular flexibility index (Phi) is 2.51. The first kappa shape index (κ1) is 10.6. The molecule has 1 aliphatic rings. The minimum absolute atomic E-state index is 0.185. The van der Waals surface area contributed by atoms with Crippen LogP contribution in [0.5, 0.6) is 0 Å². The fraction of sp³-hybridized carbons (Fsp3) is 0.500. The fourth-order valence-electron chi connectivity index (χ4n) is 2.27. The summed E-state index contributed by atoms with van der Waals surface area (Å²) >= 11 is 0. The number of benzene rings is 1. The van der Waals surface area contributed by atoms with Gasteiger partial charge in [0.05, 0.1) is 0 Å². The van der Waals surface area contributed by atoms with Crippen molar-refractivity contribution in [2.24, 2.45) is 5.92 Å². The molecule has 2 unspecified atom stereocenters. The van der Waals surface area contributed by atoms with E-state index < -0.39 is 11.6 Å². The van der Waals surface area contributed by atoms with E-state index in [0.29, 0.717) is 11.5 Å². The molecule has 0 spiro atoms. The summed E-state index contributed by atoms with van der Waals surface area (Å²) in [7, 11) is 1.88. The van der Waals surface area contributed by atoms with Crippen molar-refractivity contribution in [3.8, 4) is 0 Å². The maximum Gasteiger partial charge on any atom is 0.162 e. The molecule has 0 saturated heterocycles. The van der Waals surface area contributed by atoms with E-state index in [1.54, 1.807) is 12.1 Å². The lowest BCUT2D eigenvalue weighted by Gasteiger charge is -2.13. The molecule has 0 radical (unpaired) electrons. The number of rotatable bonds is 3. The van der Waals surface area contributed by atoms with Crippen molar-refractivity contribution in [3.05, 3.63) is 35.4 Å². The predicted molar refractivity (Wildman–Crippen MR) is 55.7 cm³/mol. The topological polar surface area (TPSA) is 12.0 Å². The van der Waals surface area contributed by atoms with Gasteiger partial charge in [-0.2, -0.15) is 0 Å². The van der Waals surface area contributed by atoms with Crippen molar-refractivity contribution in [1.29, 1.82) is 0 Å². The van der Waals surface area contributed by atoms with Crippen LogP contribution in [0.25, 0.3) is 0 Å². The molecule has 0 bridgehead atoms. The van der Waals surface area contributed by atoms with Crippen molar-refractivity contribution in [1.82, 2.24) is 5.32 Å². The SMILES string of the molecule is CNCC1CC1(C)c1cccc(F)c1F. The Morgan fingerprint density at radius 2 is 2.20 bits per heavy atom. The highest BCUT2D eigenvalue weighted by atomic mass is 19.2. The van der Waals surface area contributed by atoms with Crippen LogP contribution in [0.4, 0.5) is 8.78 Å². The Bertz CT molecular complexity index is 378.